The molecule has 6 heteroatoms. The fourth-order valence-electron chi connectivity index (χ4n) is 1.31. The zero-order valence-corrected chi connectivity index (χ0v) is 9.69. The molecule has 0 aromatic heterocycles. The van der Waals surface area contributed by atoms with Gasteiger partial charge in [-0.2, -0.15) is 0 Å². The number of nitrogens with one attached hydrogen (secondary N) is 1. The average molecular weight is 230 g/mol. The number of hydrogen-bond acceptors (Lipinski definition) is 5. The third-order valence-corrected chi connectivity index (χ3v) is 2.17. The van der Waals surface area contributed by atoms with Gasteiger partial charge in [-0.1, -0.05) is 19.8 Å². The molecule has 1 atom stereocenters. The first-order chi connectivity index (χ1) is 7.77. The van der Waals surface area contributed by atoms with Crippen LogP contribution in [-0.4, -0.2) is 38.4 Å². The maximum absolute atomic E-state index is 10.8. The van der Waals surface area contributed by atoms with Gasteiger partial charge >= 0.3 is 6.09 Å². The lowest BCUT2D eigenvalue weighted by molar-refractivity contribution is 0.00482. The van der Waals surface area contributed by atoms with Crippen molar-refractivity contribution in [1.82, 2.24) is 5.32 Å². The van der Waals surface area contributed by atoms with Crippen LogP contribution in [0.2, 0.25) is 0 Å². The highest BCUT2D eigenvalue weighted by molar-refractivity contribution is 5.81. The maximum atomic E-state index is 10.8. The molecular weight excluding hydrogens is 212 g/mol. The van der Waals surface area contributed by atoms with Crippen molar-refractivity contribution in [3.63, 3.8) is 0 Å². The minimum atomic E-state index is -0.615. The van der Waals surface area contributed by atoms with Crippen molar-refractivity contribution >= 4 is 12.0 Å². The van der Waals surface area contributed by atoms with Gasteiger partial charge in [0.15, 0.2) is 0 Å². The van der Waals surface area contributed by atoms with Crippen molar-refractivity contribution in [2.45, 2.75) is 32.3 Å². The molecule has 0 spiro atoms. The number of oxime groups is 1. The number of carbonyl (C=O) groups excluding carboxylic acids is 1. The molecular formula is C10H18N2O4. The monoisotopic (exact) mass is 230 g/mol. The van der Waals surface area contributed by atoms with Gasteiger partial charge in [0.1, 0.15) is 12.7 Å². The van der Waals surface area contributed by atoms with Crippen LogP contribution in [0.3, 0.4) is 0 Å². The van der Waals surface area contributed by atoms with E-state index in [4.69, 9.17) is 9.47 Å². The van der Waals surface area contributed by atoms with Crippen molar-refractivity contribution in [3.05, 3.63) is 0 Å². The van der Waals surface area contributed by atoms with Crippen molar-refractivity contribution < 1.29 is 19.1 Å². The van der Waals surface area contributed by atoms with Gasteiger partial charge in [0.05, 0.1) is 6.61 Å². The molecule has 1 saturated heterocycles. The second-order valence-corrected chi connectivity index (χ2v) is 3.41. The molecule has 1 rings (SSSR count). The number of unbranched alkanes of at least 4 members (excludes halogenated alkanes) is 1. The van der Waals surface area contributed by atoms with E-state index < -0.39 is 6.09 Å². The first-order valence-corrected chi connectivity index (χ1v) is 5.49. The molecule has 1 unspecified atom stereocenters. The maximum Gasteiger partial charge on any atom is 0.433 e. The van der Waals surface area contributed by atoms with E-state index in [2.05, 4.69) is 22.2 Å². The number of amides is 1. The largest absolute Gasteiger partial charge is 0.474 e. The van der Waals surface area contributed by atoms with Gasteiger partial charge < -0.3 is 14.8 Å². The highest BCUT2D eigenvalue weighted by Crippen LogP contribution is 2.12. The Morgan fingerprint density at radius 1 is 1.62 bits per heavy atom. The zero-order chi connectivity index (χ0) is 11.8. The van der Waals surface area contributed by atoms with Crippen LogP contribution in [0.15, 0.2) is 5.16 Å². The fraction of sp³-hybridized carbons (Fsp3) is 0.800. The Labute approximate surface area is 94.9 Å². The third kappa shape index (κ3) is 4.06. The number of ether oxygens (including phenoxy) is 2. The van der Waals surface area contributed by atoms with Gasteiger partial charge in [-0.05, 0) is 11.6 Å². The summed E-state index contributed by atoms with van der Waals surface area (Å²) in [6.07, 6.45) is 2.11. The Kier molecular flexibility index (Phi) is 5.63. The Balaban J connectivity index is 2.48. The Bertz CT molecular complexity index is 255. The summed E-state index contributed by atoms with van der Waals surface area (Å²) < 4.78 is 10.8. The summed E-state index contributed by atoms with van der Waals surface area (Å²) >= 11 is 0. The highest BCUT2D eigenvalue weighted by Gasteiger charge is 2.23. The van der Waals surface area contributed by atoms with Crippen LogP contribution in [-0.2, 0) is 14.3 Å². The summed E-state index contributed by atoms with van der Waals surface area (Å²) in [5, 5.41) is 5.94. The second-order valence-electron chi connectivity index (χ2n) is 3.41. The van der Waals surface area contributed by atoms with Gasteiger partial charge in [0, 0.05) is 7.05 Å². The molecule has 1 fully saturated rings. The quantitative estimate of drug-likeness (QED) is 0.583. The smallest absolute Gasteiger partial charge is 0.433 e. The van der Waals surface area contributed by atoms with Crippen LogP contribution in [0.1, 0.15) is 26.2 Å². The topological polar surface area (TPSA) is 69.1 Å². The standard InChI is InChI=1S/C10H18N2O4/c1-3-4-5-8-9(15-7-6-14-8)12-16-10(13)11-2/h8H,3-7H2,1-2H3,(H,11,13). The zero-order valence-electron chi connectivity index (χ0n) is 9.69. The lowest BCUT2D eigenvalue weighted by atomic mass is 10.1. The Hall–Kier alpha value is -1.30. The normalized spacial score (nSPS) is 22.6. The predicted octanol–water partition coefficient (Wildman–Crippen LogP) is 1.26. The molecule has 1 aliphatic heterocycles. The lowest BCUT2D eigenvalue weighted by Crippen LogP contribution is -2.35. The Morgan fingerprint density at radius 3 is 3.12 bits per heavy atom. The molecule has 0 aromatic rings. The first kappa shape index (κ1) is 12.8. The van der Waals surface area contributed by atoms with Crippen molar-refractivity contribution in [1.29, 1.82) is 0 Å². The summed E-state index contributed by atoms with van der Waals surface area (Å²) in [4.78, 5) is 15.4. The minimum absolute atomic E-state index is 0.196. The van der Waals surface area contributed by atoms with E-state index in [-0.39, 0.29) is 6.10 Å². The van der Waals surface area contributed by atoms with Gasteiger partial charge in [0.2, 0.25) is 0 Å². The van der Waals surface area contributed by atoms with Crippen LogP contribution in [0.5, 0.6) is 0 Å². The molecule has 0 aliphatic carbocycles. The van der Waals surface area contributed by atoms with E-state index in [1.54, 1.807) is 0 Å². The number of hydrogen-bond donors (Lipinski definition) is 1. The number of rotatable bonds is 4. The average Bonchev–Trinajstić information content (AvgIpc) is 2.34. The molecule has 1 aliphatic rings. The highest BCUT2D eigenvalue weighted by atomic mass is 16.7. The van der Waals surface area contributed by atoms with Crippen LogP contribution in [0.4, 0.5) is 4.79 Å². The van der Waals surface area contributed by atoms with Crippen LogP contribution in [0, 0.1) is 0 Å². The summed E-state index contributed by atoms with van der Waals surface area (Å²) in [5.74, 6) is 0.350. The van der Waals surface area contributed by atoms with Gasteiger partial charge in [-0.15, -0.1) is 0 Å². The SMILES string of the molecule is CCCCC1OCCOC1=NOC(=O)NC. The molecule has 6 nitrogen and oxygen atoms in total. The Morgan fingerprint density at radius 2 is 2.44 bits per heavy atom. The van der Waals surface area contributed by atoms with Crippen LogP contribution >= 0.6 is 0 Å². The van der Waals surface area contributed by atoms with Crippen molar-refractivity contribution in [2.24, 2.45) is 5.16 Å². The molecule has 0 saturated carbocycles. The van der Waals surface area contributed by atoms with E-state index in [1.165, 1.54) is 7.05 Å². The van der Waals surface area contributed by atoms with Crippen LogP contribution < -0.4 is 5.32 Å². The second kappa shape index (κ2) is 7.05. The molecule has 16 heavy (non-hydrogen) atoms. The molecule has 1 amide bonds. The van der Waals surface area contributed by atoms with Gasteiger partial charge in [0.25, 0.3) is 5.90 Å². The third-order valence-electron chi connectivity index (χ3n) is 2.17. The van der Waals surface area contributed by atoms with Gasteiger partial charge in [-0.3, -0.25) is 4.84 Å². The summed E-state index contributed by atoms with van der Waals surface area (Å²) in [6.45, 7) is 3.09. The molecule has 92 valence electrons. The van der Waals surface area contributed by atoms with E-state index in [1.807, 2.05) is 0 Å². The molecule has 1 N–H and O–H groups in total. The molecule has 0 aromatic carbocycles. The molecule has 0 radical (unpaired) electrons. The first-order valence-electron chi connectivity index (χ1n) is 5.49. The van der Waals surface area contributed by atoms with Crippen molar-refractivity contribution in [3.8, 4) is 0 Å². The number of nitrogens with zero attached hydrogens (tertiary/aromatic N) is 1. The molecule has 0 bridgehead atoms. The molecule has 1 heterocycles. The van der Waals surface area contributed by atoms with E-state index in [9.17, 15) is 4.79 Å². The van der Waals surface area contributed by atoms with Crippen molar-refractivity contribution in [2.75, 3.05) is 20.3 Å². The van der Waals surface area contributed by atoms with E-state index >= 15 is 0 Å². The lowest BCUT2D eigenvalue weighted by Gasteiger charge is -2.24. The van der Waals surface area contributed by atoms with E-state index in [0.29, 0.717) is 19.1 Å². The number of carbonyl (C=O) groups is 1. The summed E-state index contributed by atoms with van der Waals surface area (Å²) in [7, 11) is 1.47. The van der Waals surface area contributed by atoms with Gasteiger partial charge in [-0.25, -0.2) is 4.79 Å². The fourth-order valence-corrected chi connectivity index (χ4v) is 1.31. The predicted molar refractivity (Wildman–Crippen MR) is 58.2 cm³/mol. The summed E-state index contributed by atoms with van der Waals surface area (Å²) in [6, 6.07) is 0. The van der Waals surface area contributed by atoms with E-state index in [0.717, 1.165) is 19.3 Å². The minimum Gasteiger partial charge on any atom is -0.474 e. The summed E-state index contributed by atoms with van der Waals surface area (Å²) in [5.41, 5.74) is 0. The van der Waals surface area contributed by atoms with Crippen LogP contribution in [0.25, 0.3) is 0 Å².